The number of benzene rings is 2. The van der Waals surface area contributed by atoms with Gasteiger partial charge in [0, 0.05) is 34.6 Å². The highest BCUT2D eigenvalue weighted by Gasteiger charge is 2.25. The van der Waals surface area contributed by atoms with Crippen LogP contribution < -0.4 is 10.3 Å². The van der Waals surface area contributed by atoms with Crippen molar-refractivity contribution >= 4 is 56.2 Å². The molecule has 11 nitrogen and oxygen atoms in total. The Balaban J connectivity index is 1.69. The van der Waals surface area contributed by atoms with Gasteiger partial charge in [-0.25, -0.2) is 4.98 Å². The molecule has 0 spiro atoms. The van der Waals surface area contributed by atoms with Crippen LogP contribution in [0.2, 0.25) is 5.02 Å². The predicted octanol–water partition coefficient (Wildman–Crippen LogP) is 4.14. The molecule has 38 heavy (non-hydrogen) atoms. The van der Waals surface area contributed by atoms with Crippen LogP contribution in [0.4, 0.5) is 5.69 Å². The predicted molar refractivity (Wildman–Crippen MR) is 146 cm³/mol. The number of ether oxygens (including phenoxy) is 2. The fraction of sp³-hybridized carbons (Fsp3) is 0.360. The van der Waals surface area contributed by atoms with Gasteiger partial charge < -0.3 is 14.4 Å². The number of fused-ring (bicyclic) bond motifs is 1. The third kappa shape index (κ3) is 6.03. The summed E-state index contributed by atoms with van der Waals surface area (Å²) in [7, 11) is 0. The minimum Gasteiger partial charge on any atom is -0.476 e. The number of rotatable bonds is 6. The van der Waals surface area contributed by atoms with Crippen LogP contribution in [0, 0.1) is 10.1 Å². The summed E-state index contributed by atoms with van der Waals surface area (Å²) in [5.74, 6) is -0.134. The molecule has 0 saturated carbocycles. The van der Waals surface area contributed by atoms with Crippen LogP contribution in [0.5, 0.6) is 5.75 Å². The van der Waals surface area contributed by atoms with Crippen molar-refractivity contribution in [3.8, 4) is 5.75 Å². The smallest absolute Gasteiger partial charge is 0.313 e. The minimum absolute atomic E-state index is 0.0700. The number of amides is 1. The maximum absolute atomic E-state index is 13.3. The first kappa shape index (κ1) is 27.7. The highest BCUT2D eigenvalue weighted by molar-refractivity contribution is 9.10. The number of morpholine rings is 1. The van der Waals surface area contributed by atoms with Gasteiger partial charge in [0.2, 0.25) is 5.75 Å². The first-order valence-corrected chi connectivity index (χ1v) is 12.9. The zero-order valence-corrected chi connectivity index (χ0v) is 23.3. The first-order valence-electron chi connectivity index (χ1n) is 11.7. The number of halogens is 2. The number of nitro groups is 1. The average molecular weight is 607 g/mol. The lowest BCUT2D eigenvalue weighted by atomic mass is 9.95. The highest BCUT2D eigenvalue weighted by Crippen LogP contribution is 2.36. The molecule has 0 N–H and O–H groups in total. The van der Waals surface area contributed by atoms with Gasteiger partial charge in [-0.15, -0.1) is 0 Å². The molecule has 1 aromatic heterocycles. The SMILES string of the molecule is CC(C)(C)c1nc2ccc(Br)cc2c(=O)n1N=Cc1cc(Cl)c(OCC(=O)N2CCOCC2)c([N+](=O)[O-])c1. The van der Waals surface area contributed by atoms with E-state index in [1.165, 1.54) is 23.0 Å². The van der Waals surface area contributed by atoms with Crippen molar-refractivity contribution in [1.82, 2.24) is 14.6 Å². The van der Waals surface area contributed by atoms with Gasteiger partial charge in [0.1, 0.15) is 5.82 Å². The van der Waals surface area contributed by atoms with E-state index in [2.05, 4.69) is 26.0 Å². The molecule has 0 radical (unpaired) electrons. The van der Waals surface area contributed by atoms with Crippen LogP contribution in [0.1, 0.15) is 32.2 Å². The zero-order chi connectivity index (χ0) is 27.6. The molecule has 1 aliphatic heterocycles. The quantitative estimate of drug-likeness (QED) is 0.234. The number of nitrogens with zero attached hydrogens (tertiary/aromatic N) is 5. The molecule has 0 unspecified atom stereocenters. The molecule has 0 atom stereocenters. The molecule has 2 heterocycles. The van der Waals surface area contributed by atoms with Crippen molar-refractivity contribution in [1.29, 1.82) is 0 Å². The molecule has 0 aliphatic carbocycles. The number of aromatic nitrogens is 2. The Kier molecular flexibility index (Phi) is 8.14. The van der Waals surface area contributed by atoms with Crippen molar-refractivity contribution in [2.75, 3.05) is 32.9 Å². The Morgan fingerprint density at radius 2 is 2.00 bits per heavy atom. The Morgan fingerprint density at radius 3 is 2.66 bits per heavy atom. The first-order chi connectivity index (χ1) is 18.0. The molecule has 1 amide bonds. The molecule has 3 aromatic rings. The van der Waals surface area contributed by atoms with Crippen LogP contribution in [-0.2, 0) is 14.9 Å². The van der Waals surface area contributed by atoms with Crippen LogP contribution in [0.25, 0.3) is 10.9 Å². The summed E-state index contributed by atoms with van der Waals surface area (Å²) in [6.07, 6.45) is 1.30. The van der Waals surface area contributed by atoms with E-state index in [1.54, 1.807) is 23.1 Å². The number of nitro benzene ring substituents is 1. The van der Waals surface area contributed by atoms with Gasteiger partial charge in [0.25, 0.3) is 11.5 Å². The maximum Gasteiger partial charge on any atom is 0.313 e. The van der Waals surface area contributed by atoms with Gasteiger partial charge in [-0.3, -0.25) is 19.7 Å². The van der Waals surface area contributed by atoms with Crippen molar-refractivity contribution in [2.45, 2.75) is 26.2 Å². The van der Waals surface area contributed by atoms with E-state index in [9.17, 15) is 19.7 Å². The van der Waals surface area contributed by atoms with Crippen LogP contribution in [-0.4, -0.2) is 64.5 Å². The zero-order valence-electron chi connectivity index (χ0n) is 20.9. The molecule has 0 bridgehead atoms. The van der Waals surface area contributed by atoms with E-state index >= 15 is 0 Å². The number of carbonyl (C=O) groups excluding carboxylic acids is 1. The molecule has 1 saturated heterocycles. The molecule has 1 fully saturated rings. The van der Waals surface area contributed by atoms with E-state index in [-0.39, 0.29) is 27.8 Å². The Hall–Kier alpha value is -3.35. The van der Waals surface area contributed by atoms with Crippen LogP contribution in [0.15, 0.2) is 44.7 Å². The van der Waals surface area contributed by atoms with Crippen molar-refractivity contribution in [3.63, 3.8) is 0 Å². The maximum atomic E-state index is 13.3. The molecule has 200 valence electrons. The summed E-state index contributed by atoms with van der Waals surface area (Å²) in [5.41, 5.74) is -0.570. The second kappa shape index (κ2) is 11.2. The normalized spacial score (nSPS) is 14.3. The number of hydrogen-bond acceptors (Lipinski definition) is 8. The lowest BCUT2D eigenvalue weighted by molar-refractivity contribution is -0.385. The molecule has 1 aliphatic rings. The number of carbonyl (C=O) groups is 1. The molecular formula is C25H25BrClN5O6. The Bertz CT molecular complexity index is 1490. The van der Waals surface area contributed by atoms with Gasteiger partial charge in [0.15, 0.2) is 6.61 Å². The lowest BCUT2D eigenvalue weighted by Gasteiger charge is -2.26. The summed E-state index contributed by atoms with van der Waals surface area (Å²) in [4.78, 5) is 43.1. The average Bonchev–Trinajstić information content (AvgIpc) is 2.87. The van der Waals surface area contributed by atoms with Crippen molar-refractivity contribution in [3.05, 3.63) is 71.7 Å². The fourth-order valence-corrected chi connectivity index (χ4v) is 4.49. The van der Waals surface area contributed by atoms with E-state index in [1.807, 2.05) is 20.8 Å². The minimum atomic E-state index is -0.653. The van der Waals surface area contributed by atoms with E-state index < -0.39 is 22.6 Å². The monoisotopic (exact) mass is 605 g/mol. The fourth-order valence-electron chi connectivity index (χ4n) is 3.86. The summed E-state index contributed by atoms with van der Waals surface area (Å²) in [5, 5.41) is 16.4. The third-order valence-electron chi connectivity index (χ3n) is 5.75. The second-order valence-electron chi connectivity index (χ2n) is 9.60. The Morgan fingerprint density at radius 1 is 1.29 bits per heavy atom. The highest BCUT2D eigenvalue weighted by atomic mass is 79.9. The summed E-state index contributed by atoms with van der Waals surface area (Å²) in [6.45, 7) is 6.98. The van der Waals surface area contributed by atoms with Crippen LogP contribution >= 0.6 is 27.5 Å². The summed E-state index contributed by atoms with van der Waals surface area (Å²) in [6, 6.07) is 7.84. The standard InChI is InChI=1S/C25H25BrClN5O6/c1-25(2,3)24-29-19-5-4-16(26)12-17(19)23(34)31(24)28-13-15-10-18(27)22(20(11-15)32(35)36)38-14-21(33)30-6-8-37-9-7-30/h4-5,10-13H,6-9,14H2,1-3H3. The molecule has 13 heteroatoms. The Labute approximate surface area is 231 Å². The number of hydrogen-bond donors (Lipinski definition) is 0. The third-order valence-corrected chi connectivity index (χ3v) is 6.52. The largest absolute Gasteiger partial charge is 0.476 e. The van der Waals surface area contributed by atoms with E-state index in [0.717, 1.165) is 0 Å². The topological polar surface area (TPSA) is 129 Å². The second-order valence-corrected chi connectivity index (χ2v) is 10.9. The van der Waals surface area contributed by atoms with Crippen molar-refractivity contribution in [2.24, 2.45) is 5.10 Å². The molecular weight excluding hydrogens is 582 g/mol. The lowest BCUT2D eigenvalue weighted by Crippen LogP contribution is -2.43. The molecule has 4 rings (SSSR count). The van der Waals surface area contributed by atoms with E-state index in [4.69, 9.17) is 21.1 Å². The van der Waals surface area contributed by atoms with Crippen molar-refractivity contribution < 1.29 is 19.2 Å². The van der Waals surface area contributed by atoms with E-state index in [0.29, 0.717) is 47.5 Å². The van der Waals surface area contributed by atoms with Gasteiger partial charge in [-0.1, -0.05) is 48.3 Å². The summed E-state index contributed by atoms with van der Waals surface area (Å²) < 4.78 is 12.6. The van der Waals surface area contributed by atoms with Gasteiger partial charge in [0.05, 0.1) is 40.3 Å². The molecule has 2 aromatic carbocycles. The van der Waals surface area contributed by atoms with Gasteiger partial charge in [-0.2, -0.15) is 9.78 Å². The van der Waals surface area contributed by atoms with Crippen LogP contribution in [0.3, 0.4) is 0 Å². The van der Waals surface area contributed by atoms with Gasteiger partial charge >= 0.3 is 5.69 Å². The van der Waals surface area contributed by atoms with Gasteiger partial charge in [-0.05, 0) is 24.3 Å². The summed E-state index contributed by atoms with van der Waals surface area (Å²) >= 11 is 9.71.